The largest absolute Gasteiger partial charge is 0.503 e. The number of aromatic nitrogens is 1. The van der Waals surface area contributed by atoms with Gasteiger partial charge < -0.3 is 19.7 Å². The molecule has 3 aromatic carbocycles. The molecule has 0 radical (unpaired) electrons. The second-order valence-electron chi connectivity index (χ2n) is 8.82. The summed E-state index contributed by atoms with van der Waals surface area (Å²) in [7, 11) is 0. The Morgan fingerprint density at radius 1 is 0.861 bits per heavy atom. The second kappa shape index (κ2) is 9.54. The van der Waals surface area contributed by atoms with E-state index in [2.05, 4.69) is 0 Å². The molecule has 4 aromatic rings. The maximum atomic E-state index is 13.6. The topological polar surface area (TPSA) is 99.8 Å². The number of rotatable bonds is 6. The fraction of sp³-hybridized carbons (Fsp3) is 0.138. The van der Waals surface area contributed by atoms with Gasteiger partial charge in [-0.3, -0.25) is 9.59 Å². The van der Waals surface area contributed by atoms with Gasteiger partial charge in [-0.25, -0.2) is 4.79 Å². The van der Waals surface area contributed by atoms with Gasteiger partial charge in [0.25, 0.3) is 5.91 Å². The minimum Gasteiger partial charge on any atom is -0.503 e. The lowest BCUT2D eigenvalue weighted by Gasteiger charge is -2.40. The van der Waals surface area contributed by atoms with E-state index in [1.807, 2.05) is 91.0 Å². The number of hydrogen-bond donors (Lipinski definition) is 2. The Kier molecular flexibility index (Phi) is 6.12. The number of carbonyl (C=O) groups is 2. The summed E-state index contributed by atoms with van der Waals surface area (Å²) in [6.07, 6.45) is 1.20. The SMILES string of the molecule is O=C(O)c1cn2c(c(O)c1=O)C(=O)N(Cc1ccccc1)C[C@@H]2C(c1ccccc1)c1ccccc1. The van der Waals surface area contributed by atoms with Crippen molar-refractivity contribution < 1.29 is 19.8 Å². The first-order valence-corrected chi connectivity index (χ1v) is 11.6. The molecule has 0 fully saturated rings. The Hall–Kier alpha value is -4.65. The fourth-order valence-electron chi connectivity index (χ4n) is 4.96. The normalized spacial score (nSPS) is 15.1. The van der Waals surface area contributed by atoms with Crippen molar-refractivity contribution in [2.24, 2.45) is 0 Å². The minimum atomic E-state index is -1.46. The fourth-order valence-corrected chi connectivity index (χ4v) is 4.96. The molecule has 36 heavy (non-hydrogen) atoms. The van der Waals surface area contributed by atoms with Crippen LogP contribution in [0.1, 0.15) is 49.5 Å². The van der Waals surface area contributed by atoms with Crippen molar-refractivity contribution in [3.63, 3.8) is 0 Å². The summed E-state index contributed by atoms with van der Waals surface area (Å²) in [6, 6.07) is 28.4. The summed E-state index contributed by atoms with van der Waals surface area (Å²) in [5.74, 6) is -3.12. The van der Waals surface area contributed by atoms with Crippen molar-refractivity contribution in [3.05, 3.63) is 135 Å². The lowest BCUT2D eigenvalue weighted by molar-refractivity contribution is 0.0623. The first-order valence-electron chi connectivity index (χ1n) is 11.6. The lowest BCUT2D eigenvalue weighted by Crippen LogP contribution is -2.46. The number of nitrogens with zero attached hydrogens (tertiary/aromatic N) is 2. The molecule has 2 N–H and O–H groups in total. The van der Waals surface area contributed by atoms with Crippen LogP contribution in [-0.2, 0) is 6.54 Å². The number of fused-ring (bicyclic) bond motifs is 1. The van der Waals surface area contributed by atoms with Gasteiger partial charge in [0, 0.05) is 25.2 Å². The predicted molar refractivity (Wildman–Crippen MR) is 134 cm³/mol. The Morgan fingerprint density at radius 3 is 1.92 bits per heavy atom. The van der Waals surface area contributed by atoms with E-state index in [4.69, 9.17) is 0 Å². The van der Waals surface area contributed by atoms with E-state index in [0.717, 1.165) is 16.7 Å². The molecule has 1 atom stereocenters. The molecule has 0 spiro atoms. The number of amides is 1. The second-order valence-corrected chi connectivity index (χ2v) is 8.82. The van der Waals surface area contributed by atoms with Gasteiger partial charge in [0.15, 0.2) is 11.4 Å². The number of carboxylic acid groups (broad SMARTS) is 1. The molecular weight excluding hydrogens is 456 g/mol. The zero-order chi connectivity index (χ0) is 25.2. The van der Waals surface area contributed by atoms with Crippen molar-refractivity contribution in [1.29, 1.82) is 0 Å². The number of benzene rings is 3. The van der Waals surface area contributed by atoms with Crippen LogP contribution in [-0.4, -0.2) is 38.1 Å². The molecule has 1 aliphatic heterocycles. The molecule has 180 valence electrons. The highest BCUT2D eigenvalue weighted by atomic mass is 16.4. The van der Waals surface area contributed by atoms with E-state index < -0.39 is 34.7 Å². The van der Waals surface area contributed by atoms with Crippen molar-refractivity contribution >= 4 is 11.9 Å². The van der Waals surface area contributed by atoms with E-state index in [0.29, 0.717) is 0 Å². The van der Waals surface area contributed by atoms with Crippen LogP contribution >= 0.6 is 0 Å². The molecule has 7 nitrogen and oxygen atoms in total. The first-order chi connectivity index (χ1) is 17.5. The highest BCUT2D eigenvalue weighted by Crippen LogP contribution is 2.40. The molecular formula is C29H24N2O5. The Labute approximate surface area is 207 Å². The molecule has 0 bridgehead atoms. The lowest BCUT2D eigenvalue weighted by atomic mass is 9.83. The van der Waals surface area contributed by atoms with E-state index in [-0.39, 0.29) is 24.7 Å². The highest BCUT2D eigenvalue weighted by Gasteiger charge is 2.39. The number of pyridine rings is 1. The van der Waals surface area contributed by atoms with Crippen LogP contribution in [0.25, 0.3) is 0 Å². The van der Waals surface area contributed by atoms with Gasteiger partial charge in [-0.2, -0.15) is 0 Å². The predicted octanol–water partition coefficient (Wildman–Crippen LogP) is 4.28. The van der Waals surface area contributed by atoms with Gasteiger partial charge in [0.05, 0.1) is 6.04 Å². The van der Waals surface area contributed by atoms with Gasteiger partial charge in [-0.05, 0) is 16.7 Å². The van der Waals surface area contributed by atoms with Crippen molar-refractivity contribution in [2.75, 3.05) is 6.54 Å². The third-order valence-corrected chi connectivity index (χ3v) is 6.61. The molecule has 1 aromatic heterocycles. The standard InChI is InChI=1S/C29H24N2O5/c32-26-22(29(35)36)17-31-23(24(20-12-6-2-7-13-20)21-14-8-3-9-15-21)18-30(28(34)25(31)27(26)33)16-19-10-4-1-5-11-19/h1-15,17,23-24,33H,16,18H2,(H,35,36)/t23-/m1/s1. The van der Waals surface area contributed by atoms with Crippen LogP contribution in [0.4, 0.5) is 0 Å². The van der Waals surface area contributed by atoms with Gasteiger partial charge in [0.1, 0.15) is 5.56 Å². The molecule has 1 aliphatic rings. The van der Waals surface area contributed by atoms with E-state index in [9.17, 15) is 24.6 Å². The smallest absolute Gasteiger partial charge is 0.341 e. The molecule has 5 rings (SSSR count). The summed E-state index contributed by atoms with van der Waals surface area (Å²) in [5, 5.41) is 20.5. The zero-order valence-electron chi connectivity index (χ0n) is 19.3. The quantitative estimate of drug-likeness (QED) is 0.429. The van der Waals surface area contributed by atoms with Crippen LogP contribution in [0.5, 0.6) is 5.75 Å². The van der Waals surface area contributed by atoms with Crippen molar-refractivity contribution in [3.8, 4) is 5.75 Å². The molecule has 0 unspecified atom stereocenters. The van der Waals surface area contributed by atoms with Gasteiger partial charge >= 0.3 is 5.97 Å². The first kappa shape index (κ1) is 23.1. The Morgan fingerprint density at radius 2 is 1.39 bits per heavy atom. The average Bonchev–Trinajstić information content (AvgIpc) is 2.90. The van der Waals surface area contributed by atoms with Crippen molar-refractivity contribution in [2.45, 2.75) is 18.5 Å². The number of hydrogen-bond acceptors (Lipinski definition) is 4. The summed E-state index contributed by atoms with van der Waals surface area (Å²) >= 11 is 0. The van der Waals surface area contributed by atoms with Gasteiger partial charge in [-0.1, -0.05) is 91.0 Å². The number of aromatic carboxylic acids is 1. The van der Waals surface area contributed by atoms with Crippen LogP contribution in [0.3, 0.4) is 0 Å². The summed E-state index contributed by atoms with van der Waals surface area (Å²) in [6.45, 7) is 0.525. The monoisotopic (exact) mass is 480 g/mol. The third-order valence-electron chi connectivity index (χ3n) is 6.61. The molecule has 2 heterocycles. The number of aromatic hydroxyl groups is 1. The van der Waals surface area contributed by atoms with Crippen molar-refractivity contribution in [1.82, 2.24) is 9.47 Å². The molecule has 0 aliphatic carbocycles. The zero-order valence-corrected chi connectivity index (χ0v) is 19.3. The maximum Gasteiger partial charge on any atom is 0.341 e. The van der Waals surface area contributed by atoms with Crippen LogP contribution in [0, 0.1) is 0 Å². The average molecular weight is 481 g/mol. The number of carbonyl (C=O) groups excluding carboxylic acids is 1. The van der Waals surface area contributed by atoms with Crippen LogP contribution < -0.4 is 5.43 Å². The molecule has 7 heteroatoms. The van der Waals surface area contributed by atoms with E-state index in [1.165, 1.54) is 10.8 Å². The molecule has 0 saturated heterocycles. The Balaban J connectivity index is 1.73. The van der Waals surface area contributed by atoms with E-state index in [1.54, 1.807) is 4.90 Å². The Bertz CT molecular complexity index is 1430. The van der Waals surface area contributed by atoms with Gasteiger partial charge in [0.2, 0.25) is 5.43 Å². The minimum absolute atomic E-state index is 0.200. The molecule has 0 saturated carbocycles. The summed E-state index contributed by atoms with van der Waals surface area (Å²) in [5.41, 5.74) is 0.975. The number of carboxylic acids is 1. The van der Waals surface area contributed by atoms with Crippen LogP contribution in [0.15, 0.2) is 102 Å². The molecule has 1 amide bonds. The van der Waals surface area contributed by atoms with Gasteiger partial charge in [-0.15, -0.1) is 0 Å². The highest BCUT2D eigenvalue weighted by molar-refractivity contribution is 5.97. The van der Waals surface area contributed by atoms with E-state index >= 15 is 0 Å². The summed E-state index contributed by atoms with van der Waals surface area (Å²) < 4.78 is 1.48. The van der Waals surface area contributed by atoms with Crippen LogP contribution in [0.2, 0.25) is 0 Å². The maximum absolute atomic E-state index is 13.6. The summed E-state index contributed by atoms with van der Waals surface area (Å²) in [4.78, 5) is 39.7. The third kappa shape index (κ3) is 4.15.